The maximum absolute atomic E-state index is 12.3. The average Bonchev–Trinajstić information content (AvgIpc) is 2.59. The number of rotatable bonds is 4. The fraction of sp³-hybridized carbons (Fsp3) is 0.444. The van der Waals surface area contributed by atoms with Crippen LogP contribution in [0.25, 0.3) is 6.08 Å². The first kappa shape index (κ1) is 17.1. The predicted octanol–water partition coefficient (Wildman–Crippen LogP) is 2.04. The zero-order chi connectivity index (χ0) is 16.8. The third kappa shape index (κ3) is 4.34. The summed E-state index contributed by atoms with van der Waals surface area (Å²) in [7, 11) is 1.61. The van der Waals surface area contributed by atoms with Gasteiger partial charge in [0.25, 0.3) is 0 Å². The average molecular weight is 316 g/mol. The topological polar surface area (TPSA) is 49.9 Å². The lowest BCUT2D eigenvalue weighted by Crippen LogP contribution is -2.51. The Kier molecular flexibility index (Phi) is 5.79. The molecule has 1 aromatic rings. The second kappa shape index (κ2) is 7.81. The Morgan fingerprint density at radius 1 is 1.09 bits per heavy atom. The Bertz CT molecular complexity index is 588. The molecule has 0 radical (unpaired) electrons. The number of nitrogens with zero attached hydrogens (tertiary/aromatic N) is 2. The monoisotopic (exact) mass is 316 g/mol. The van der Waals surface area contributed by atoms with Crippen LogP contribution >= 0.6 is 0 Å². The second-order valence-electron chi connectivity index (χ2n) is 5.88. The standard InChI is InChI=1S/C18H24N2O3/c1-14(2)18(22)20-12-10-19(11-13-20)17(21)9-8-15-6-4-5-7-16(15)23-3/h4-9,14H,10-13H2,1-3H3/b9-8+. The van der Waals surface area contributed by atoms with E-state index in [4.69, 9.17) is 4.74 Å². The van der Waals surface area contributed by atoms with Crippen LogP contribution in [-0.2, 0) is 9.59 Å². The number of hydrogen-bond donors (Lipinski definition) is 0. The summed E-state index contributed by atoms with van der Waals surface area (Å²) in [5.74, 6) is 0.862. The molecule has 1 aliphatic rings. The number of methoxy groups -OCH3 is 1. The maximum atomic E-state index is 12.3. The van der Waals surface area contributed by atoms with Gasteiger partial charge < -0.3 is 14.5 Å². The minimum atomic E-state index is -0.0347. The minimum absolute atomic E-state index is 0.00249. The van der Waals surface area contributed by atoms with Gasteiger partial charge in [-0.2, -0.15) is 0 Å². The van der Waals surface area contributed by atoms with E-state index in [0.717, 1.165) is 11.3 Å². The summed E-state index contributed by atoms with van der Waals surface area (Å²) in [6.45, 7) is 6.16. The molecule has 1 fully saturated rings. The van der Waals surface area contributed by atoms with Crippen LogP contribution in [0.4, 0.5) is 0 Å². The zero-order valence-electron chi connectivity index (χ0n) is 14.0. The van der Waals surface area contributed by atoms with Crippen molar-refractivity contribution in [2.75, 3.05) is 33.3 Å². The van der Waals surface area contributed by atoms with Crippen LogP contribution in [0.15, 0.2) is 30.3 Å². The first-order valence-corrected chi connectivity index (χ1v) is 7.91. The largest absolute Gasteiger partial charge is 0.496 e. The van der Waals surface area contributed by atoms with Crippen molar-refractivity contribution in [2.45, 2.75) is 13.8 Å². The van der Waals surface area contributed by atoms with Crippen molar-refractivity contribution in [3.8, 4) is 5.75 Å². The number of piperazine rings is 1. The number of para-hydroxylation sites is 1. The van der Waals surface area contributed by atoms with Gasteiger partial charge in [-0.3, -0.25) is 9.59 Å². The molecule has 23 heavy (non-hydrogen) atoms. The third-order valence-electron chi connectivity index (χ3n) is 3.94. The molecule has 0 aromatic heterocycles. The highest BCUT2D eigenvalue weighted by atomic mass is 16.5. The normalized spacial score (nSPS) is 15.3. The van der Waals surface area contributed by atoms with E-state index in [1.54, 1.807) is 24.2 Å². The van der Waals surface area contributed by atoms with Gasteiger partial charge in [-0.1, -0.05) is 32.0 Å². The number of carbonyl (C=O) groups is 2. The molecule has 124 valence electrons. The van der Waals surface area contributed by atoms with E-state index < -0.39 is 0 Å². The molecule has 2 rings (SSSR count). The van der Waals surface area contributed by atoms with Gasteiger partial charge in [0.05, 0.1) is 7.11 Å². The molecule has 1 saturated heterocycles. The quantitative estimate of drug-likeness (QED) is 0.799. The number of ether oxygens (including phenoxy) is 1. The number of hydrogen-bond acceptors (Lipinski definition) is 3. The van der Waals surface area contributed by atoms with Crippen LogP contribution in [0.2, 0.25) is 0 Å². The molecule has 2 amide bonds. The van der Waals surface area contributed by atoms with Gasteiger partial charge in [0, 0.05) is 43.7 Å². The molecule has 1 aromatic carbocycles. The first-order valence-electron chi connectivity index (χ1n) is 7.91. The van der Waals surface area contributed by atoms with E-state index >= 15 is 0 Å². The van der Waals surface area contributed by atoms with Crippen LogP contribution in [0.3, 0.4) is 0 Å². The summed E-state index contributed by atoms with van der Waals surface area (Å²) >= 11 is 0. The Morgan fingerprint density at radius 3 is 2.30 bits per heavy atom. The number of benzene rings is 1. The molecule has 0 unspecified atom stereocenters. The summed E-state index contributed by atoms with van der Waals surface area (Å²) in [5, 5.41) is 0. The number of carbonyl (C=O) groups excluding carboxylic acids is 2. The van der Waals surface area contributed by atoms with Crippen molar-refractivity contribution >= 4 is 17.9 Å². The van der Waals surface area contributed by atoms with Crippen molar-refractivity contribution in [3.05, 3.63) is 35.9 Å². The molecular formula is C18H24N2O3. The summed E-state index contributed by atoms with van der Waals surface area (Å²) in [6.07, 6.45) is 3.34. The maximum Gasteiger partial charge on any atom is 0.246 e. The fourth-order valence-corrected chi connectivity index (χ4v) is 2.58. The van der Waals surface area contributed by atoms with Crippen LogP contribution in [0.5, 0.6) is 5.75 Å². The lowest BCUT2D eigenvalue weighted by Gasteiger charge is -2.35. The molecular weight excluding hydrogens is 292 g/mol. The van der Waals surface area contributed by atoms with Crippen molar-refractivity contribution in [2.24, 2.45) is 5.92 Å². The van der Waals surface area contributed by atoms with Gasteiger partial charge in [-0.05, 0) is 12.1 Å². The Balaban J connectivity index is 1.93. The van der Waals surface area contributed by atoms with Crippen molar-refractivity contribution in [1.82, 2.24) is 9.80 Å². The van der Waals surface area contributed by atoms with Gasteiger partial charge in [0.15, 0.2) is 0 Å². The van der Waals surface area contributed by atoms with Gasteiger partial charge in [-0.25, -0.2) is 0 Å². The van der Waals surface area contributed by atoms with E-state index in [1.165, 1.54) is 0 Å². The second-order valence-corrected chi connectivity index (χ2v) is 5.88. The van der Waals surface area contributed by atoms with Crippen LogP contribution in [0, 0.1) is 5.92 Å². The lowest BCUT2D eigenvalue weighted by molar-refractivity contribution is -0.139. The fourth-order valence-electron chi connectivity index (χ4n) is 2.58. The Hall–Kier alpha value is -2.30. The molecule has 5 heteroatoms. The van der Waals surface area contributed by atoms with Crippen molar-refractivity contribution < 1.29 is 14.3 Å². The highest BCUT2D eigenvalue weighted by molar-refractivity contribution is 5.92. The molecule has 1 aliphatic heterocycles. The lowest BCUT2D eigenvalue weighted by atomic mass is 10.1. The Morgan fingerprint density at radius 2 is 1.70 bits per heavy atom. The molecule has 1 heterocycles. The Labute approximate surface area is 137 Å². The summed E-state index contributed by atoms with van der Waals surface area (Å²) in [6, 6.07) is 7.56. The highest BCUT2D eigenvalue weighted by Gasteiger charge is 2.24. The molecule has 5 nitrogen and oxygen atoms in total. The molecule has 0 aliphatic carbocycles. The molecule has 0 atom stereocenters. The van der Waals surface area contributed by atoms with E-state index in [2.05, 4.69) is 0 Å². The molecule has 0 spiro atoms. The highest BCUT2D eigenvalue weighted by Crippen LogP contribution is 2.18. The SMILES string of the molecule is COc1ccccc1/C=C/C(=O)N1CCN(C(=O)C(C)C)CC1. The van der Waals surface area contributed by atoms with Gasteiger partial charge in [-0.15, -0.1) is 0 Å². The summed E-state index contributed by atoms with van der Waals surface area (Å²) in [4.78, 5) is 27.8. The minimum Gasteiger partial charge on any atom is -0.496 e. The third-order valence-corrected chi connectivity index (χ3v) is 3.94. The zero-order valence-corrected chi connectivity index (χ0v) is 14.0. The summed E-state index contributed by atoms with van der Waals surface area (Å²) < 4.78 is 5.27. The molecule has 0 bridgehead atoms. The van der Waals surface area contributed by atoms with Gasteiger partial charge in [0.2, 0.25) is 11.8 Å². The van der Waals surface area contributed by atoms with Crippen molar-refractivity contribution in [1.29, 1.82) is 0 Å². The van der Waals surface area contributed by atoms with Crippen LogP contribution < -0.4 is 4.74 Å². The van der Waals surface area contributed by atoms with E-state index in [-0.39, 0.29) is 17.7 Å². The van der Waals surface area contributed by atoms with Crippen molar-refractivity contribution in [3.63, 3.8) is 0 Å². The van der Waals surface area contributed by atoms with E-state index in [9.17, 15) is 9.59 Å². The van der Waals surface area contributed by atoms with Crippen LogP contribution in [-0.4, -0.2) is 54.9 Å². The van der Waals surface area contributed by atoms with E-state index in [1.807, 2.05) is 43.0 Å². The van der Waals surface area contributed by atoms with Gasteiger partial charge >= 0.3 is 0 Å². The summed E-state index contributed by atoms with van der Waals surface area (Å²) in [5.41, 5.74) is 0.872. The number of amides is 2. The predicted molar refractivity (Wildman–Crippen MR) is 90.0 cm³/mol. The molecule has 0 N–H and O–H groups in total. The van der Waals surface area contributed by atoms with Gasteiger partial charge in [0.1, 0.15) is 5.75 Å². The van der Waals surface area contributed by atoms with E-state index in [0.29, 0.717) is 26.2 Å². The van der Waals surface area contributed by atoms with Crippen LogP contribution in [0.1, 0.15) is 19.4 Å². The smallest absolute Gasteiger partial charge is 0.246 e. The molecule has 0 saturated carbocycles. The first-order chi connectivity index (χ1) is 11.0.